The molecule has 4 aromatic rings. The van der Waals surface area contributed by atoms with Gasteiger partial charge in [-0.1, -0.05) is 17.8 Å². The van der Waals surface area contributed by atoms with Gasteiger partial charge in [-0.25, -0.2) is 9.50 Å². The minimum absolute atomic E-state index is 0.444. The molecule has 0 amide bonds. The lowest BCUT2D eigenvalue weighted by Crippen LogP contribution is -2.31. The molecule has 4 aromatic heterocycles. The van der Waals surface area contributed by atoms with Crippen molar-refractivity contribution >= 4 is 17.3 Å². The second-order valence-corrected chi connectivity index (χ2v) is 8.89. The SMILES string of the molecule is CN[C@H]1CC[C@@H](n2cc(-c3cc(Sc4ccccn4)c4c(C#N)cnn4c3)cn2)CC1. The number of aromatic nitrogens is 5. The van der Waals surface area contributed by atoms with E-state index in [1.807, 2.05) is 37.6 Å². The van der Waals surface area contributed by atoms with Crippen molar-refractivity contribution in [2.24, 2.45) is 0 Å². The van der Waals surface area contributed by atoms with Crippen LogP contribution in [0.25, 0.3) is 16.6 Å². The Morgan fingerprint density at radius 2 is 1.97 bits per heavy atom. The molecule has 0 aliphatic heterocycles. The summed E-state index contributed by atoms with van der Waals surface area (Å²) >= 11 is 1.54. The van der Waals surface area contributed by atoms with Crippen LogP contribution in [0, 0.1) is 11.3 Å². The topological polar surface area (TPSA) is 83.8 Å². The molecule has 1 N–H and O–H groups in total. The molecule has 1 aliphatic rings. The highest BCUT2D eigenvalue weighted by molar-refractivity contribution is 7.99. The highest BCUT2D eigenvalue weighted by Crippen LogP contribution is 2.35. The summed E-state index contributed by atoms with van der Waals surface area (Å²) in [7, 11) is 2.04. The molecule has 5 rings (SSSR count). The first kappa shape index (κ1) is 19.8. The van der Waals surface area contributed by atoms with Gasteiger partial charge in [0, 0.05) is 40.7 Å². The molecule has 0 radical (unpaired) electrons. The molecule has 8 heteroatoms. The van der Waals surface area contributed by atoms with E-state index in [0.29, 0.717) is 17.6 Å². The predicted molar refractivity (Wildman–Crippen MR) is 120 cm³/mol. The first-order chi connectivity index (χ1) is 15.2. The van der Waals surface area contributed by atoms with E-state index in [4.69, 9.17) is 0 Å². The van der Waals surface area contributed by atoms with Crippen LogP contribution in [-0.4, -0.2) is 37.5 Å². The van der Waals surface area contributed by atoms with E-state index >= 15 is 0 Å². The Bertz CT molecular complexity index is 1230. The van der Waals surface area contributed by atoms with Gasteiger partial charge in [0.1, 0.15) is 11.1 Å². The van der Waals surface area contributed by atoms with Gasteiger partial charge in [0.15, 0.2) is 0 Å². The molecule has 1 aliphatic carbocycles. The monoisotopic (exact) mass is 429 g/mol. The summed E-state index contributed by atoms with van der Waals surface area (Å²) in [4.78, 5) is 5.38. The first-order valence-electron chi connectivity index (χ1n) is 10.5. The second-order valence-electron chi connectivity index (χ2n) is 7.83. The summed E-state index contributed by atoms with van der Waals surface area (Å²) in [5.41, 5.74) is 3.44. The third-order valence-electron chi connectivity index (χ3n) is 5.96. The number of rotatable bonds is 5. The zero-order valence-corrected chi connectivity index (χ0v) is 18.1. The number of nitriles is 1. The summed E-state index contributed by atoms with van der Waals surface area (Å²) in [6.07, 6.45) is 14.1. The van der Waals surface area contributed by atoms with E-state index in [-0.39, 0.29) is 0 Å². The summed E-state index contributed by atoms with van der Waals surface area (Å²) in [5.74, 6) is 0. The Balaban J connectivity index is 1.50. The van der Waals surface area contributed by atoms with E-state index < -0.39 is 0 Å². The van der Waals surface area contributed by atoms with Crippen LogP contribution in [0.1, 0.15) is 37.3 Å². The highest BCUT2D eigenvalue weighted by atomic mass is 32.2. The number of hydrogen-bond acceptors (Lipinski definition) is 6. The van der Waals surface area contributed by atoms with E-state index in [9.17, 15) is 5.26 Å². The van der Waals surface area contributed by atoms with Crippen molar-refractivity contribution in [3.05, 3.63) is 60.8 Å². The summed E-state index contributed by atoms with van der Waals surface area (Å²) < 4.78 is 3.90. The molecule has 156 valence electrons. The highest BCUT2D eigenvalue weighted by Gasteiger charge is 2.22. The number of hydrogen-bond donors (Lipinski definition) is 1. The fourth-order valence-electron chi connectivity index (χ4n) is 4.24. The maximum Gasteiger partial charge on any atom is 0.103 e. The Morgan fingerprint density at radius 3 is 2.71 bits per heavy atom. The molecule has 0 spiro atoms. The normalized spacial score (nSPS) is 18.8. The molecular weight excluding hydrogens is 406 g/mol. The third kappa shape index (κ3) is 3.94. The van der Waals surface area contributed by atoms with E-state index in [0.717, 1.165) is 39.4 Å². The minimum Gasteiger partial charge on any atom is -0.317 e. The van der Waals surface area contributed by atoms with Gasteiger partial charge in [-0.15, -0.1) is 0 Å². The van der Waals surface area contributed by atoms with E-state index in [2.05, 4.69) is 43.5 Å². The van der Waals surface area contributed by atoms with Crippen LogP contribution < -0.4 is 5.32 Å². The average molecular weight is 430 g/mol. The van der Waals surface area contributed by atoms with Crippen molar-refractivity contribution in [3.8, 4) is 17.2 Å². The third-order valence-corrected chi connectivity index (χ3v) is 6.95. The molecule has 0 bridgehead atoms. The Morgan fingerprint density at radius 1 is 1.10 bits per heavy atom. The van der Waals surface area contributed by atoms with Gasteiger partial charge >= 0.3 is 0 Å². The van der Waals surface area contributed by atoms with E-state index in [1.165, 1.54) is 12.8 Å². The van der Waals surface area contributed by atoms with Gasteiger partial charge in [0.25, 0.3) is 0 Å². The van der Waals surface area contributed by atoms with Gasteiger partial charge < -0.3 is 5.32 Å². The predicted octanol–water partition coefficient (Wildman–Crippen LogP) is 4.32. The second kappa shape index (κ2) is 8.53. The molecule has 0 atom stereocenters. The number of fused-ring (bicyclic) bond motifs is 1. The summed E-state index contributed by atoms with van der Waals surface area (Å²) in [5, 5.41) is 22.9. The smallest absolute Gasteiger partial charge is 0.103 e. The summed E-state index contributed by atoms with van der Waals surface area (Å²) in [6, 6.07) is 11.3. The molecule has 0 aromatic carbocycles. The van der Waals surface area contributed by atoms with Crippen molar-refractivity contribution in [2.45, 2.75) is 47.7 Å². The van der Waals surface area contributed by atoms with Crippen molar-refractivity contribution in [1.82, 2.24) is 29.7 Å². The number of nitrogens with one attached hydrogen (secondary N) is 1. The molecule has 4 heterocycles. The minimum atomic E-state index is 0.444. The van der Waals surface area contributed by atoms with Crippen LogP contribution in [0.5, 0.6) is 0 Å². The molecular formula is C23H23N7S. The van der Waals surface area contributed by atoms with Crippen LogP contribution in [0.2, 0.25) is 0 Å². The quantitative estimate of drug-likeness (QED) is 0.509. The zero-order chi connectivity index (χ0) is 21.2. The summed E-state index contributed by atoms with van der Waals surface area (Å²) in [6.45, 7) is 0. The van der Waals surface area contributed by atoms with Crippen LogP contribution in [-0.2, 0) is 0 Å². The van der Waals surface area contributed by atoms with Crippen molar-refractivity contribution < 1.29 is 0 Å². The fourth-order valence-corrected chi connectivity index (χ4v) is 5.21. The average Bonchev–Trinajstić information content (AvgIpc) is 3.47. The Labute approximate surface area is 185 Å². The Kier molecular flexibility index (Phi) is 5.45. The largest absolute Gasteiger partial charge is 0.317 e. The van der Waals surface area contributed by atoms with Gasteiger partial charge in [0.05, 0.1) is 29.5 Å². The van der Waals surface area contributed by atoms with Gasteiger partial charge in [0.2, 0.25) is 0 Å². The van der Waals surface area contributed by atoms with Gasteiger partial charge in [-0.2, -0.15) is 15.5 Å². The van der Waals surface area contributed by atoms with Crippen LogP contribution in [0.3, 0.4) is 0 Å². The van der Waals surface area contributed by atoms with Gasteiger partial charge in [-0.3, -0.25) is 4.68 Å². The molecule has 31 heavy (non-hydrogen) atoms. The van der Waals surface area contributed by atoms with Crippen LogP contribution >= 0.6 is 11.8 Å². The Hall–Kier alpha value is -3.15. The van der Waals surface area contributed by atoms with Crippen molar-refractivity contribution in [3.63, 3.8) is 0 Å². The lowest BCUT2D eigenvalue weighted by molar-refractivity contribution is 0.284. The molecule has 0 saturated heterocycles. The van der Waals surface area contributed by atoms with Crippen molar-refractivity contribution in [1.29, 1.82) is 5.26 Å². The fraction of sp³-hybridized carbons (Fsp3) is 0.304. The maximum absolute atomic E-state index is 9.54. The lowest BCUT2D eigenvalue weighted by Gasteiger charge is -2.28. The molecule has 0 unspecified atom stereocenters. The van der Waals surface area contributed by atoms with E-state index in [1.54, 1.807) is 28.7 Å². The van der Waals surface area contributed by atoms with Crippen LogP contribution in [0.15, 0.2) is 65.2 Å². The van der Waals surface area contributed by atoms with Crippen molar-refractivity contribution in [2.75, 3.05) is 7.05 Å². The lowest BCUT2D eigenvalue weighted by atomic mass is 9.91. The molecule has 1 saturated carbocycles. The standard InChI is InChI=1S/C23H23N7S/c1-25-19-5-7-20(8-6-19)29-15-18(13-27-29)16-10-21(31-22-4-2-3-9-26-22)23-17(11-24)12-28-30(23)14-16/h2-4,9-10,12-15,19-20,25H,5-8H2,1H3/t19-,20+. The molecule has 7 nitrogen and oxygen atoms in total. The first-order valence-corrected chi connectivity index (χ1v) is 11.3. The molecule has 1 fully saturated rings. The number of nitrogens with zero attached hydrogens (tertiary/aromatic N) is 6. The zero-order valence-electron chi connectivity index (χ0n) is 17.3. The number of pyridine rings is 2. The van der Waals surface area contributed by atoms with Crippen LogP contribution in [0.4, 0.5) is 0 Å². The maximum atomic E-state index is 9.54. The van der Waals surface area contributed by atoms with Gasteiger partial charge in [-0.05, 0) is 50.9 Å².